The van der Waals surface area contributed by atoms with Crippen LogP contribution in [0.2, 0.25) is 0 Å². The molecule has 5 heavy (non-hydrogen) atoms. The van der Waals surface area contributed by atoms with Crippen molar-refractivity contribution < 1.29 is 0 Å². The van der Waals surface area contributed by atoms with E-state index in [1.807, 2.05) is 0 Å². The molecule has 1 rings (SSSR count). The minimum absolute atomic E-state index is 1.46. The molecule has 0 saturated heterocycles. The number of hydrogen-bond donors (Lipinski definition) is 2. The van der Waals surface area contributed by atoms with E-state index >= 15 is 0 Å². The Hall–Kier alpha value is 0.700. The molecular formula is C3H8S2. The third-order valence-corrected chi connectivity index (χ3v) is 3.65. The molecule has 0 N–H and O–H groups in total. The summed E-state index contributed by atoms with van der Waals surface area (Å²) in [5.41, 5.74) is 0. The van der Waals surface area contributed by atoms with Gasteiger partial charge in [0, 0.05) is 0 Å². The molecular weight excluding hydrogens is 100 g/mol. The number of rotatable bonds is 0. The molecule has 0 radical (unpaired) electrons. The largest absolute Gasteiger partial charge is 0.179 e. The summed E-state index contributed by atoms with van der Waals surface area (Å²) < 4.78 is 0. The summed E-state index contributed by atoms with van der Waals surface area (Å²) in [6.45, 7) is 0. The van der Waals surface area contributed by atoms with Crippen molar-refractivity contribution >= 4 is 20.6 Å². The Bertz CT molecular complexity index is 42.9. The second-order valence-corrected chi connectivity index (χ2v) is 4.24. The summed E-state index contributed by atoms with van der Waals surface area (Å²) in [4.78, 5) is 0. The quantitative estimate of drug-likeness (QED) is 0.399. The smallest absolute Gasteiger partial charge is 0.00901 e. The molecule has 1 heterocycles. The van der Waals surface area contributed by atoms with Crippen molar-refractivity contribution in [3.8, 4) is 0 Å². The lowest BCUT2D eigenvalue weighted by atomic mass is 10.6. The Kier molecular flexibility index (Phi) is 1.53. The molecule has 0 aromatic heterocycles. The van der Waals surface area contributed by atoms with Gasteiger partial charge in [0.2, 0.25) is 0 Å². The van der Waals surface area contributed by atoms with Gasteiger partial charge in [0.05, 0.1) is 0 Å². The second-order valence-electron chi connectivity index (χ2n) is 1.08. The normalized spacial score (nSPS) is 24.0. The Morgan fingerprint density at radius 3 is 1.80 bits per heavy atom. The summed E-state index contributed by atoms with van der Waals surface area (Å²) in [6, 6.07) is 0. The fourth-order valence-electron chi connectivity index (χ4n) is 0.354. The van der Waals surface area contributed by atoms with E-state index in [0.717, 1.165) is 0 Å². The number of hydrogen-bond acceptors (Lipinski definition) is 0. The van der Waals surface area contributed by atoms with Crippen molar-refractivity contribution in [3.63, 3.8) is 0 Å². The van der Waals surface area contributed by atoms with Crippen molar-refractivity contribution in [1.82, 2.24) is 0 Å². The first-order valence-electron chi connectivity index (χ1n) is 1.83. The van der Waals surface area contributed by atoms with Crippen LogP contribution < -0.4 is 0 Å². The lowest BCUT2D eigenvalue weighted by molar-refractivity contribution is 1.14. The van der Waals surface area contributed by atoms with Gasteiger partial charge in [-0.2, -0.15) is 20.6 Å². The third kappa shape index (κ3) is 1.05. The van der Waals surface area contributed by atoms with Gasteiger partial charge in [0.15, 0.2) is 0 Å². The zero-order valence-corrected chi connectivity index (χ0v) is 4.80. The van der Waals surface area contributed by atoms with Crippen LogP contribution in [-0.2, 0) is 20.6 Å². The predicted molar refractivity (Wildman–Crippen MR) is 31.9 cm³/mol. The fraction of sp³-hybridized carbons (Fsp3) is 1.00. The maximum Gasteiger partial charge on any atom is -0.00901 e. The highest BCUT2D eigenvalue weighted by Gasteiger charge is 1.83. The monoisotopic (exact) mass is 108 g/mol. The average molecular weight is 108 g/mol. The van der Waals surface area contributed by atoms with Gasteiger partial charge in [-0.25, -0.2) is 0 Å². The zero-order valence-electron chi connectivity index (χ0n) is 3.02. The summed E-state index contributed by atoms with van der Waals surface area (Å²) in [5.74, 6) is 2.92. The first-order chi connectivity index (χ1) is 2.50. The van der Waals surface area contributed by atoms with E-state index in [1.54, 1.807) is 20.6 Å². The summed E-state index contributed by atoms with van der Waals surface area (Å²) in [7, 11) is 3.33. The minimum Gasteiger partial charge on any atom is -0.179 e. The Labute approximate surface area is 39.2 Å². The first kappa shape index (κ1) is 3.88. The van der Waals surface area contributed by atoms with Crippen molar-refractivity contribution in [2.45, 2.75) is 6.42 Å². The highest BCUT2D eigenvalue weighted by Crippen LogP contribution is 1.85. The van der Waals surface area contributed by atoms with E-state index in [2.05, 4.69) is 0 Å². The van der Waals surface area contributed by atoms with E-state index in [0.29, 0.717) is 0 Å². The van der Waals surface area contributed by atoms with E-state index in [-0.39, 0.29) is 0 Å². The van der Waals surface area contributed by atoms with Crippen LogP contribution in [0.15, 0.2) is 0 Å². The van der Waals surface area contributed by atoms with Crippen LogP contribution in [0.3, 0.4) is 0 Å². The summed E-state index contributed by atoms with van der Waals surface area (Å²) >= 11 is 0. The van der Waals surface area contributed by atoms with Crippen LogP contribution in [0.4, 0.5) is 0 Å². The molecule has 0 saturated carbocycles. The van der Waals surface area contributed by atoms with Crippen molar-refractivity contribution in [1.29, 1.82) is 0 Å². The maximum absolute atomic E-state index is 1.66. The van der Waals surface area contributed by atoms with Gasteiger partial charge in [-0.1, -0.05) is 0 Å². The van der Waals surface area contributed by atoms with E-state index < -0.39 is 0 Å². The first-order valence-corrected chi connectivity index (χ1v) is 4.70. The molecule has 32 valence electrons. The fourth-order valence-corrected chi connectivity index (χ4v) is 3.18. The molecule has 0 aromatic rings. The SMILES string of the molecule is C1C[SH]=[SH]C1. The zero-order chi connectivity index (χ0) is 3.54. The van der Waals surface area contributed by atoms with Gasteiger partial charge in [-0.05, 0) is 17.9 Å². The molecule has 0 amide bonds. The molecule has 0 spiro atoms. The molecule has 0 aromatic carbocycles. The number of thiol groups is 2. The topological polar surface area (TPSA) is 0 Å². The molecule has 0 bridgehead atoms. The molecule has 0 fully saturated rings. The highest BCUT2D eigenvalue weighted by molar-refractivity contribution is 8.27. The van der Waals surface area contributed by atoms with Gasteiger partial charge in [0.1, 0.15) is 0 Å². The predicted octanol–water partition coefficient (Wildman–Crippen LogP) is -0.0651. The third-order valence-electron chi connectivity index (χ3n) is 0.616. The van der Waals surface area contributed by atoms with Crippen LogP contribution in [0.1, 0.15) is 6.42 Å². The van der Waals surface area contributed by atoms with Crippen LogP contribution in [0, 0.1) is 0 Å². The van der Waals surface area contributed by atoms with Gasteiger partial charge in [-0.3, -0.25) is 0 Å². The van der Waals surface area contributed by atoms with Crippen LogP contribution in [0.25, 0.3) is 0 Å². The molecule has 0 nitrogen and oxygen atoms in total. The minimum atomic E-state index is 1.46. The van der Waals surface area contributed by atoms with Crippen LogP contribution in [0.5, 0.6) is 0 Å². The molecule has 0 unspecified atom stereocenters. The van der Waals surface area contributed by atoms with Gasteiger partial charge in [-0.15, -0.1) is 0 Å². The molecule has 0 aliphatic carbocycles. The standard InChI is InChI=1S/C3H8S2/c1-2-4-5-3-1/h4-5H,1-3H2. The molecule has 2 heteroatoms. The summed E-state index contributed by atoms with van der Waals surface area (Å²) in [5, 5.41) is 0. The molecule has 1 aliphatic rings. The molecule has 1 aliphatic heterocycles. The van der Waals surface area contributed by atoms with Crippen LogP contribution >= 0.6 is 0 Å². The summed E-state index contributed by atoms with van der Waals surface area (Å²) in [6.07, 6.45) is 1.48. The van der Waals surface area contributed by atoms with E-state index in [1.165, 1.54) is 17.9 Å². The van der Waals surface area contributed by atoms with Crippen molar-refractivity contribution in [2.24, 2.45) is 0 Å². The lowest BCUT2D eigenvalue weighted by Crippen LogP contribution is -1.70. The Morgan fingerprint density at radius 1 is 1.00 bits per heavy atom. The van der Waals surface area contributed by atoms with Gasteiger partial charge in [0.25, 0.3) is 0 Å². The molecule has 0 atom stereocenters. The second kappa shape index (κ2) is 1.98. The van der Waals surface area contributed by atoms with Gasteiger partial charge >= 0.3 is 0 Å². The van der Waals surface area contributed by atoms with E-state index in [9.17, 15) is 0 Å². The maximum atomic E-state index is 1.66. The Morgan fingerprint density at radius 2 is 1.60 bits per heavy atom. The Balaban J connectivity index is 2.32. The average Bonchev–Trinajstić information content (AvgIpc) is 1.76. The van der Waals surface area contributed by atoms with Crippen molar-refractivity contribution in [2.75, 3.05) is 11.5 Å². The van der Waals surface area contributed by atoms with E-state index in [4.69, 9.17) is 0 Å². The van der Waals surface area contributed by atoms with Gasteiger partial charge < -0.3 is 0 Å². The van der Waals surface area contributed by atoms with Crippen LogP contribution in [-0.4, -0.2) is 11.5 Å². The van der Waals surface area contributed by atoms with Crippen molar-refractivity contribution in [3.05, 3.63) is 0 Å². The lowest BCUT2D eigenvalue weighted by Gasteiger charge is -1.68. The highest BCUT2D eigenvalue weighted by atomic mass is 32.8.